The maximum absolute atomic E-state index is 12.4. The third-order valence-electron chi connectivity index (χ3n) is 3.34. The quantitative estimate of drug-likeness (QED) is 0.762. The molecule has 0 aliphatic carbocycles. The second-order valence-electron chi connectivity index (χ2n) is 5.88. The van der Waals surface area contributed by atoms with Crippen LogP contribution in [0.1, 0.15) is 35.0 Å². The van der Waals surface area contributed by atoms with Gasteiger partial charge in [-0.25, -0.2) is 4.98 Å². The lowest BCUT2D eigenvalue weighted by atomic mass is 10.1. The Bertz CT molecular complexity index is 866. The van der Waals surface area contributed by atoms with Crippen molar-refractivity contribution in [3.63, 3.8) is 0 Å². The number of aromatic nitrogens is 2. The van der Waals surface area contributed by atoms with E-state index in [4.69, 9.17) is 10.3 Å². The van der Waals surface area contributed by atoms with E-state index in [-0.39, 0.29) is 5.91 Å². The SMILES string of the molecule is Cc1cc(NC(=O)c2sc3nc(CC(C)C)ccc3c2N)no1. The maximum Gasteiger partial charge on any atom is 0.269 e. The molecule has 7 heteroatoms. The number of nitrogens with two attached hydrogens (primary N) is 1. The molecule has 0 aliphatic rings. The largest absolute Gasteiger partial charge is 0.397 e. The number of nitrogens with zero attached hydrogens (tertiary/aromatic N) is 2. The Morgan fingerprint density at radius 2 is 2.22 bits per heavy atom. The number of nitrogens with one attached hydrogen (secondary N) is 1. The first-order valence-corrected chi connectivity index (χ1v) is 8.18. The van der Waals surface area contributed by atoms with Crippen molar-refractivity contribution >= 4 is 39.0 Å². The summed E-state index contributed by atoms with van der Waals surface area (Å²) in [4.78, 5) is 18.2. The molecule has 0 fully saturated rings. The van der Waals surface area contributed by atoms with E-state index in [2.05, 4.69) is 29.3 Å². The van der Waals surface area contributed by atoms with Crippen molar-refractivity contribution in [3.05, 3.63) is 34.5 Å². The van der Waals surface area contributed by atoms with E-state index >= 15 is 0 Å². The van der Waals surface area contributed by atoms with Crippen LogP contribution < -0.4 is 11.1 Å². The molecule has 3 aromatic rings. The number of hydrogen-bond acceptors (Lipinski definition) is 6. The van der Waals surface area contributed by atoms with Crippen molar-refractivity contribution in [2.45, 2.75) is 27.2 Å². The molecule has 3 rings (SSSR count). The van der Waals surface area contributed by atoms with Gasteiger partial charge in [-0.15, -0.1) is 11.3 Å². The minimum Gasteiger partial charge on any atom is -0.397 e. The summed E-state index contributed by atoms with van der Waals surface area (Å²) in [7, 11) is 0. The topological polar surface area (TPSA) is 94.0 Å². The average Bonchev–Trinajstić information content (AvgIpc) is 3.02. The van der Waals surface area contributed by atoms with Gasteiger partial charge in [0.1, 0.15) is 15.5 Å². The molecular formula is C16H18N4O2S. The summed E-state index contributed by atoms with van der Waals surface area (Å²) in [6.45, 7) is 6.05. The highest BCUT2D eigenvalue weighted by atomic mass is 32.1. The number of thiophene rings is 1. The minimum atomic E-state index is -0.302. The Labute approximate surface area is 137 Å². The number of anilines is 2. The fraction of sp³-hybridized carbons (Fsp3) is 0.312. The molecule has 3 aromatic heterocycles. The third kappa shape index (κ3) is 3.19. The highest BCUT2D eigenvalue weighted by Crippen LogP contribution is 2.33. The number of carbonyl (C=O) groups is 1. The average molecular weight is 330 g/mol. The summed E-state index contributed by atoms with van der Waals surface area (Å²) in [6.07, 6.45) is 0.896. The summed E-state index contributed by atoms with van der Waals surface area (Å²) in [5.74, 6) is 1.22. The van der Waals surface area contributed by atoms with Gasteiger partial charge in [0.2, 0.25) is 0 Å². The van der Waals surface area contributed by atoms with Crippen LogP contribution in [0, 0.1) is 12.8 Å². The number of amides is 1. The van der Waals surface area contributed by atoms with Gasteiger partial charge in [-0.2, -0.15) is 0 Å². The number of carbonyl (C=O) groups excluding carboxylic acids is 1. The molecule has 0 unspecified atom stereocenters. The summed E-state index contributed by atoms with van der Waals surface area (Å²) >= 11 is 1.29. The van der Waals surface area contributed by atoms with Gasteiger partial charge in [-0.1, -0.05) is 19.0 Å². The van der Waals surface area contributed by atoms with Gasteiger partial charge in [0.05, 0.1) is 5.69 Å². The zero-order valence-electron chi connectivity index (χ0n) is 13.2. The van der Waals surface area contributed by atoms with E-state index in [1.807, 2.05) is 12.1 Å². The molecule has 6 nitrogen and oxygen atoms in total. The van der Waals surface area contributed by atoms with Gasteiger partial charge in [0.15, 0.2) is 5.82 Å². The van der Waals surface area contributed by atoms with Crippen LogP contribution in [0.5, 0.6) is 0 Å². The lowest BCUT2D eigenvalue weighted by Crippen LogP contribution is -2.12. The predicted molar refractivity (Wildman–Crippen MR) is 91.8 cm³/mol. The van der Waals surface area contributed by atoms with E-state index < -0.39 is 0 Å². The zero-order valence-corrected chi connectivity index (χ0v) is 14.0. The fourth-order valence-electron chi connectivity index (χ4n) is 2.33. The molecule has 1 amide bonds. The molecule has 120 valence electrons. The van der Waals surface area contributed by atoms with Crippen LogP contribution in [0.25, 0.3) is 10.2 Å². The molecule has 23 heavy (non-hydrogen) atoms. The van der Waals surface area contributed by atoms with Crippen LogP contribution in [0.2, 0.25) is 0 Å². The molecule has 0 bridgehead atoms. The van der Waals surface area contributed by atoms with Crippen LogP contribution in [0.4, 0.5) is 11.5 Å². The number of pyridine rings is 1. The highest BCUT2D eigenvalue weighted by Gasteiger charge is 2.18. The molecule has 0 radical (unpaired) electrons. The fourth-order valence-corrected chi connectivity index (χ4v) is 3.34. The summed E-state index contributed by atoms with van der Waals surface area (Å²) in [5, 5.41) is 7.25. The van der Waals surface area contributed by atoms with E-state index in [0.717, 1.165) is 22.3 Å². The lowest BCUT2D eigenvalue weighted by molar-refractivity contribution is 0.103. The van der Waals surface area contributed by atoms with E-state index in [0.29, 0.717) is 28.1 Å². The molecule has 0 spiro atoms. The van der Waals surface area contributed by atoms with Gasteiger partial charge < -0.3 is 15.6 Å². The first-order chi connectivity index (χ1) is 10.9. The Morgan fingerprint density at radius 3 is 2.87 bits per heavy atom. The van der Waals surface area contributed by atoms with Crippen LogP contribution in [-0.4, -0.2) is 16.0 Å². The molecule has 0 saturated heterocycles. The maximum atomic E-state index is 12.4. The van der Waals surface area contributed by atoms with Crippen LogP contribution in [0.15, 0.2) is 22.7 Å². The summed E-state index contributed by atoms with van der Waals surface area (Å²) in [6, 6.07) is 5.55. The molecule has 3 N–H and O–H groups in total. The summed E-state index contributed by atoms with van der Waals surface area (Å²) in [5.41, 5.74) is 7.57. The lowest BCUT2D eigenvalue weighted by Gasteiger charge is -2.03. The van der Waals surface area contributed by atoms with Crippen LogP contribution in [0.3, 0.4) is 0 Å². The van der Waals surface area contributed by atoms with Gasteiger partial charge in [-0.3, -0.25) is 4.79 Å². The molecule has 0 atom stereocenters. The predicted octanol–water partition coefficient (Wildman–Crippen LogP) is 3.63. The monoisotopic (exact) mass is 330 g/mol. The number of fused-ring (bicyclic) bond motifs is 1. The zero-order chi connectivity index (χ0) is 16.6. The van der Waals surface area contributed by atoms with Crippen molar-refractivity contribution in [3.8, 4) is 0 Å². The smallest absolute Gasteiger partial charge is 0.269 e. The van der Waals surface area contributed by atoms with Gasteiger partial charge in [0, 0.05) is 17.1 Å². The minimum absolute atomic E-state index is 0.302. The van der Waals surface area contributed by atoms with Crippen LogP contribution in [-0.2, 0) is 6.42 Å². The highest BCUT2D eigenvalue weighted by molar-refractivity contribution is 7.21. The number of nitrogen functional groups attached to an aromatic ring is 1. The van der Waals surface area contributed by atoms with Crippen molar-refractivity contribution in [1.82, 2.24) is 10.1 Å². The van der Waals surface area contributed by atoms with E-state index in [9.17, 15) is 4.79 Å². The first kappa shape index (κ1) is 15.5. The van der Waals surface area contributed by atoms with Crippen molar-refractivity contribution in [1.29, 1.82) is 0 Å². The Kier molecular flexibility index (Phi) is 4.04. The standard InChI is InChI=1S/C16H18N4O2S/c1-8(2)6-10-4-5-11-13(17)14(23-16(11)18-10)15(21)19-12-7-9(3)22-20-12/h4-5,7-8H,6,17H2,1-3H3,(H,19,20,21). The molecular weight excluding hydrogens is 312 g/mol. The van der Waals surface area contributed by atoms with Gasteiger partial charge >= 0.3 is 0 Å². The van der Waals surface area contributed by atoms with E-state index in [1.54, 1.807) is 13.0 Å². The first-order valence-electron chi connectivity index (χ1n) is 7.36. The van der Waals surface area contributed by atoms with Crippen LogP contribution >= 0.6 is 11.3 Å². The number of hydrogen-bond donors (Lipinski definition) is 2. The normalized spacial score (nSPS) is 11.3. The van der Waals surface area contributed by atoms with E-state index in [1.165, 1.54) is 11.3 Å². The Hall–Kier alpha value is -2.41. The molecule has 0 saturated carbocycles. The van der Waals surface area contributed by atoms with Crippen molar-refractivity contribution in [2.75, 3.05) is 11.1 Å². The molecule has 0 aromatic carbocycles. The second kappa shape index (κ2) is 6.00. The molecule has 0 aliphatic heterocycles. The van der Waals surface area contributed by atoms with Crippen molar-refractivity contribution < 1.29 is 9.32 Å². The summed E-state index contributed by atoms with van der Waals surface area (Å²) < 4.78 is 4.94. The van der Waals surface area contributed by atoms with Crippen molar-refractivity contribution in [2.24, 2.45) is 5.92 Å². The Morgan fingerprint density at radius 1 is 1.43 bits per heavy atom. The Balaban J connectivity index is 1.91. The second-order valence-corrected chi connectivity index (χ2v) is 6.87. The third-order valence-corrected chi connectivity index (χ3v) is 4.46. The number of aryl methyl sites for hydroxylation is 1. The number of rotatable bonds is 4. The molecule has 3 heterocycles. The van der Waals surface area contributed by atoms with Gasteiger partial charge in [-0.05, 0) is 31.4 Å². The van der Waals surface area contributed by atoms with Gasteiger partial charge in [0.25, 0.3) is 5.91 Å².